The Morgan fingerprint density at radius 2 is 1.79 bits per heavy atom. The van der Waals surface area contributed by atoms with Crippen molar-refractivity contribution in [3.05, 3.63) is 70.9 Å². The first-order valence-corrected chi connectivity index (χ1v) is 14.1. The quantitative estimate of drug-likeness (QED) is 0.219. The summed E-state index contributed by atoms with van der Waals surface area (Å²) in [5.74, 6) is -4.06. The first kappa shape index (κ1) is 30.5. The summed E-state index contributed by atoms with van der Waals surface area (Å²) < 4.78 is 45.0. The highest BCUT2D eigenvalue weighted by atomic mass is 19.3. The molecule has 3 aromatic rings. The van der Waals surface area contributed by atoms with Gasteiger partial charge in [0.2, 0.25) is 0 Å². The maximum absolute atomic E-state index is 15.4. The van der Waals surface area contributed by atoms with Gasteiger partial charge < -0.3 is 10.2 Å². The zero-order chi connectivity index (χ0) is 28.9. The second kappa shape index (κ2) is 12.8. The van der Waals surface area contributed by atoms with Crippen molar-refractivity contribution in [3.63, 3.8) is 0 Å². The molecule has 0 fully saturated rings. The smallest absolute Gasteiger partial charge is 0.278 e. The third-order valence-electron chi connectivity index (χ3n) is 7.36. The first-order chi connectivity index (χ1) is 18.4. The summed E-state index contributed by atoms with van der Waals surface area (Å²) in [5, 5.41) is 4.10. The van der Waals surface area contributed by atoms with E-state index in [0.717, 1.165) is 60.8 Å². The fourth-order valence-electron chi connectivity index (χ4n) is 4.87. The van der Waals surface area contributed by atoms with Crippen molar-refractivity contribution in [1.82, 2.24) is 9.97 Å². The normalized spacial score (nSPS) is 12.7. The van der Waals surface area contributed by atoms with Gasteiger partial charge in [0.1, 0.15) is 17.5 Å². The SMILES string of the molecule is C=C(CCC)N(C)c1cc2c(N[C@H](C)c3cccc(C(F)(F)C(C)C)c3F)nc(C)nc2cc1CCCCC. The number of unbranched alkanes of at least 4 members (excludes halogenated alkanes) is 2. The van der Waals surface area contributed by atoms with E-state index < -0.39 is 29.3 Å². The summed E-state index contributed by atoms with van der Waals surface area (Å²) in [7, 11) is 2.03. The van der Waals surface area contributed by atoms with Crippen molar-refractivity contribution >= 4 is 22.4 Å². The molecule has 0 saturated carbocycles. The highest BCUT2D eigenvalue weighted by Gasteiger charge is 2.39. The van der Waals surface area contributed by atoms with E-state index >= 15 is 4.39 Å². The van der Waals surface area contributed by atoms with E-state index in [0.29, 0.717) is 11.6 Å². The molecule has 0 saturated heterocycles. The Labute approximate surface area is 231 Å². The van der Waals surface area contributed by atoms with Crippen LogP contribution < -0.4 is 10.2 Å². The molecule has 0 bridgehead atoms. The second-order valence-corrected chi connectivity index (χ2v) is 10.8. The van der Waals surface area contributed by atoms with Gasteiger partial charge in [-0.2, -0.15) is 0 Å². The van der Waals surface area contributed by atoms with E-state index in [1.165, 1.54) is 31.5 Å². The summed E-state index contributed by atoms with van der Waals surface area (Å²) in [6.45, 7) is 15.0. The van der Waals surface area contributed by atoms with Gasteiger partial charge in [-0.05, 0) is 50.8 Å². The lowest BCUT2D eigenvalue weighted by Crippen LogP contribution is -2.24. The van der Waals surface area contributed by atoms with Gasteiger partial charge in [-0.1, -0.05) is 71.7 Å². The first-order valence-electron chi connectivity index (χ1n) is 14.1. The van der Waals surface area contributed by atoms with E-state index in [4.69, 9.17) is 4.98 Å². The van der Waals surface area contributed by atoms with Gasteiger partial charge in [-0.15, -0.1) is 0 Å². The Balaban J connectivity index is 2.09. The number of alkyl halides is 2. The molecule has 212 valence electrons. The second-order valence-electron chi connectivity index (χ2n) is 10.8. The van der Waals surface area contributed by atoms with Gasteiger partial charge in [0.05, 0.1) is 17.1 Å². The van der Waals surface area contributed by atoms with Crippen LogP contribution in [0.25, 0.3) is 10.9 Å². The Bertz CT molecular complexity index is 1300. The molecule has 0 unspecified atom stereocenters. The van der Waals surface area contributed by atoms with Crippen LogP contribution in [-0.4, -0.2) is 17.0 Å². The average Bonchev–Trinajstić information content (AvgIpc) is 2.88. The molecule has 3 rings (SSSR count). The van der Waals surface area contributed by atoms with E-state index in [1.807, 2.05) is 14.0 Å². The highest BCUT2D eigenvalue weighted by Crippen LogP contribution is 2.39. The number of allylic oxidation sites excluding steroid dienone is 1. The minimum Gasteiger partial charge on any atom is -0.363 e. The molecule has 0 radical (unpaired) electrons. The molecule has 1 aromatic heterocycles. The maximum Gasteiger partial charge on any atom is 0.278 e. The lowest BCUT2D eigenvalue weighted by atomic mass is 9.94. The van der Waals surface area contributed by atoms with Crippen LogP contribution >= 0.6 is 0 Å². The highest BCUT2D eigenvalue weighted by molar-refractivity contribution is 5.93. The van der Waals surface area contributed by atoms with Crippen LogP contribution in [-0.2, 0) is 12.3 Å². The van der Waals surface area contributed by atoms with Crippen LogP contribution in [0.2, 0.25) is 0 Å². The minimum atomic E-state index is -3.27. The largest absolute Gasteiger partial charge is 0.363 e. The lowest BCUT2D eigenvalue weighted by Gasteiger charge is -2.26. The molecule has 0 amide bonds. The van der Waals surface area contributed by atoms with Crippen LogP contribution in [0.1, 0.15) is 95.3 Å². The number of halogens is 3. The maximum atomic E-state index is 15.4. The molecule has 0 aliphatic rings. The van der Waals surface area contributed by atoms with Crippen molar-refractivity contribution in [2.45, 2.75) is 92.0 Å². The number of rotatable bonds is 13. The molecular weight excluding hydrogens is 497 g/mol. The molecule has 1 heterocycles. The number of hydrogen-bond acceptors (Lipinski definition) is 4. The lowest BCUT2D eigenvalue weighted by molar-refractivity contribution is -0.0545. The number of nitrogens with zero attached hydrogens (tertiary/aromatic N) is 3. The molecule has 1 N–H and O–H groups in total. The predicted octanol–water partition coefficient (Wildman–Crippen LogP) is 9.48. The van der Waals surface area contributed by atoms with Crippen LogP contribution in [0, 0.1) is 18.7 Å². The number of nitrogens with one attached hydrogen (secondary N) is 1. The van der Waals surface area contributed by atoms with E-state index in [-0.39, 0.29) is 5.56 Å². The molecular formula is C32H43F3N4. The number of fused-ring (bicyclic) bond motifs is 1. The molecule has 4 nitrogen and oxygen atoms in total. The number of hydrogen-bond donors (Lipinski definition) is 1. The Morgan fingerprint density at radius 1 is 1.08 bits per heavy atom. The topological polar surface area (TPSA) is 41.0 Å². The summed E-state index contributed by atoms with van der Waals surface area (Å²) in [4.78, 5) is 11.5. The number of aryl methyl sites for hydroxylation is 2. The fraction of sp³-hybridized carbons (Fsp3) is 0.500. The average molecular weight is 541 g/mol. The van der Waals surface area contributed by atoms with Gasteiger partial charge in [0, 0.05) is 35.3 Å². The summed E-state index contributed by atoms with van der Waals surface area (Å²) in [6.07, 6.45) is 6.15. The molecule has 0 aliphatic heterocycles. The minimum absolute atomic E-state index is 0.169. The van der Waals surface area contributed by atoms with Gasteiger partial charge in [0.15, 0.2) is 0 Å². The Kier molecular flexibility index (Phi) is 10.0. The summed E-state index contributed by atoms with van der Waals surface area (Å²) in [6, 6.07) is 7.78. The third kappa shape index (κ3) is 6.74. The predicted molar refractivity (Wildman–Crippen MR) is 157 cm³/mol. The zero-order valence-corrected chi connectivity index (χ0v) is 24.5. The Morgan fingerprint density at radius 3 is 2.44 bits per heavy atom. The molecule has 2 aromatic carbocycles. The third-order valence-corrected chi connectivity index (χ3v) is 7.36. The van der Waals surface area contributed by atoms with Crippen LogP contribution in [0.5, 0.6) is 0 Å². The van der Waals surface area contributed by atoms with Gasteiger partial charge in [0.25, 0.3) is 5.92 Å². The monoisotopic (exact) mass is 540 g/mol. The molecule has 0 spiro atoms. The standard InChI is InChI=1S/C32H43F3N4/c1-9-11-12-15-24-18-28-26(19-29(24)39(8)21(5)14-10-2)31(38-23(7)37-28)36-22(6)25-16-13-17-27(30(25)33)32(34,35)20(3)4/h13,16-20,22H,5,9-12,14-15H2,1-4,6-8H3,(H,36,37,38)/t22-/m1/s1. The summed E-state index contributed by atoms with van der Waals surface area (Å²) >= 11 is 0. The number of anilines is 2. The van der Waals surface area contributed by atoms with Gasteiger partial charge >= 0.3 is 0 Å². The van der Waals surface area contributed by atoms with Crippen LogP contribution in [0.15, 0.2) is 42.6 Å². The van der Waals surface area contributed by atoms with Gasteiger partial charge in [-0.25, -0.2) is 23.1 Å². The van der Waals surface area contributed by atoms with Crippen LogP contribution in [0.3, 0.4) is 0 Å². The van der Waals surface area contributed by atoms with Crippen molar-refractivity contribution in [2.24, 2.45) is 5.92 Å². The van der Waals surface area contributed by atoms with Gasteiger partial charge in [-0.3, -0.25) is 0 Å². The molecule has 1 atom stereocenters. The molecule has 0 aliphatic carbocycles. The number of aromatic nitrogens is 2. The van der Waals surface area contributed by atoms with Crippen molar-refractivity contribution in [2.75, 3.05) is 17.3 Å². The van der Waals surface area contributed by atoms with Crippen molar-refractivity contribution in [3.8, 4) is 0 Å². The number of benzene rings is 2. The van der Waals surface area contributed by atoms with Crippen LogP contribution in [0.4, 0.5) is 24.7 Å². The van der Waals surface area contributed by atoms with Crippen molar-refractivity contribution in [1.29, 1.82) is 0 Å². The van der Waals surface area contributed by atoms with E-state index in [1.54, 1.807) is 13.0 Å². The Hall–Kier alpha value is -3.09. The van der Waals surface area contributed by atoms with E-state index in [9.17, 15) is 8.78 Å². The zero-order valence-electron chi connectivity index (χ0n) is 24.5. The summed E-state index contributed by atoms with van der Waals surface area (Å²) in [5.41, 5.74) is 3.65. The molecule has 39 heavy (non-hydrogen) atoms. The molecule has 7 heteroatoms. The van der Waals surface area contributed by atoms with Crippen molar-refractivity contribution < 1.29 is 13.2 Å². The van der Waals surface area contributed by atoms with E-state index in [2.05, 4.69) is 47.8 Å². The fourth-order valence-corrected chi connectivity index (χ4v) is 4.87.